The van der Waals surface area contributed by atoms with Gasteiger partial charge >= 0.3 is 0 Å². The molecule has 2 aromatic heterocycles. The number of hydrogen-bond acceptors (Lipinski definition) is 8. The lowest BCUT2D eigenvalue weighted by molar-refractivity contribution is -0.118. The summed E-state index contributed by atoms with van der Waals surface area (Å²) in [6.07, 6.45) is 8.24. The molecule has 0 fully saturated rings. The van der Waals surface area contributed by atoms with Crippen molar-refractivity contribution < 1.29 is 23.1 Å². The van der Waals surface area contributed by atoms with Crippen LogP contribution in [0.15, 0.2) is 48.9 Å². The Labute approximate surface area is 255 Å². The van der Waals surface area contributed by atoms with E-state index in [0.717, 1.165) is 31.4 Å². The van der Waals surface area contributed by atoms with E-state index in [-0.39, 0.29) is 41.4 Å². The largest absolute Gasteiger partial charge is 0.494 e. The number of carbonyl (C=O) groups is 2. The summed E-state index contributed by atoms with van der Waals surface area (Å²) in [4.78, 5) is 36.3. The normalized spacial score (nSPS) is 11.2. The minimum absolute atomic E-state index is 0.00440. The average molecular weight is 605 g/mol. The van der Waals surface area contributed by atoms with Crippen molar-refractivity contribution >= 4 is 34.4 Å². The van der Waals surface area contributed by atoms with Crippen LogP contribution < -0.4 is 10.1 Å². The number of carbonyl (C=O) groups excluding carboxylic acids is 2. The Bertz CT molecular complexity index is 1670. The Morgan fingerprint density at radius 2 is 1.84 bits per heavy atom. The zero-order valence-corrected chi connectivity index (χ0v) is 25.5. The molecule has 0 saturated heterocycles. The lowest BCUT2D eigenvalue weighted by atomic mass is 9.96. The van der Waals surface area contributed by atoms with E-state index >= 15 is 0 Å². The Balaban J connectivity index is 1.44. The number of benzene rings is 2. The smallest absolute Gasteiger partial charge is 0.201 e. The van der Waals surface area contributed by atoms with Gasteiger partial charge in [-0.15, -0.1) is 0 Å². The van der Waals surface area contributed by atoms with Crippen LogP contribution in [-0.2, 0) is 11.2 Å². The fourth-order valence-corrected chi connectivity index (χ4v) is 5.07. The SMILES string of the molecule is CCc1cc(Nc2nccn3c(-c4ccc(OC)c(F)c4F)cnc23)ccc1C(=O)CC(=N)CC(=O)CCCCCN(C)C. The number of Topliss-reactive ketones (excluding diaryl/α,β-unsaturated/α-hetero) is 2. The number of nitrogens with zero attached hydrogens (tertiary/aromatic N) is 4. The molecule has 0 bridgehead atoms. The van der Waals surface area contributed by atoms with E-state index in [9.17, 15) is 18.4 Å². The van der Waals surface area contributed by atoms with Crippen molar-refractivity contribution in [3.05, 3.63) is 71.7 Å². The molecule has 0 saturated carbocycles. The number of unbranched alkanes of at least 4 members (excludes halogenated alkanes) is 2. The summed E-state index contributed by atoms with van der Waals surface area (Å²) in [7, 11) is 5.31. The van der Waals surface area contributed by atoms with Gasteiger partial charge in [0.1, 0.15) is 5.78 Å². The average Bonchev–Trinajstić information content (AvgIpc) is 3.43. The van der Waals surface area contributed by atoms with Crippen LogP contribution in [-0.4, -0.2) is 64.3 Å². The number of aryl methyl sites for hydroxylation is 1. The zero-order chi connectivity index (χ0) is 31.8. The third-order valence-electron chi connectivity index (χ3n) is 7.37. The molecule has 0 spiro atoms. The van der Waals surface area contributed by atoms with Crippen molar-refractivity contribution in [2.24, 2.45) is 0 Å². The van der Waals surface area contributed by atoms with E-state index in [4.69, 9.17) is 10.1 Å². The van der Waals surface area contributed by atoms with Gasteiger partial charge in [0.2, 0.25) is 5.82 Å². The molecule has 0 atom stereocenters. The van der Waals surface area contributed by atoms with Gasteiger partial charge in [0.15, 0.2) is 28.8 Å². The third-order valence-corrected chi connectivity index (χ3v) is 7.37. The second-order valence-corrected chi connectivity index (χ2v) is 10.9. The molecule has 2 heterocycles. The van der Waals surface area contributed by atoms with E-state index in [1.165, 1.54) is 31.6 Å². The highest BCUT2D eigenvalue weighted by atomic mass is 19.2. The van der Waals surface area contributed by atoms with Crippen molar-refractivity contribution in [1.29, 1.82) is 5.41 Å². The zero-order valence-electron chi connectivity index (χ0n) is 25.5. The van der Waals surface area contributed by atoms with E-state index in [2.05, 4.69) is 20.2 Å². The molecule has 232 valence electrons. The first-order valence-corrected chi connectivity index (χ1v) is 14.6. The first kappa shape index (κ1) is 32.4. The highest BCUT2D eigenvalue weighted by Gasteiger charge is 2.20. The Kier molecular flexibility index (Phi) is 10.9. The van der Waals surface area contributed by atoms with Gasteiger partial charge < -0.3 is 20.4 Å². The molecule has 4 rings (SSSR count). The number of nitrogens with one attached hydrogen (secondary N) is 2. The van der Waals surface area contributed by atoms with Crippen LogP contribution in [0.5, 0.6) is 5.75 Å². The number of rotatable bonds is 16. The molecule has 2 N–H and O–H groups in total. The predicted octanol–water partition coefficient (Wildman–Crippen LogP) is 6.66. The quantitative estimate of drug-likeness (QED) is 0.0835. The predicted molar refractivity (Wildman–Crippen MR) is 167 cm³/mol. The number of fused-ring (bicyclic) bond motifs is 1. The summed E-state index contributed by atoms with van der Waals surface area (Å²) in [6.45, 7) is 2.92. The molecule has 0 unspecified atom stereocenters. The number of anilines is 2. The standard InChI is InChI=1S/C33H38F2N6O3/c1-5-21-17-23(10-11-25(21)28(43)19-22(36)18-24(42)9-7-6-8-15-40(2)3)39-32-33-38-20-27(41(33)16-14-37-32)26-12-13-29(44-4)31(35)30(26)34/h10-14,16-17,20,36H,5-9,15,18-19H2,1-4H3,(H,37,39). The van der Waals surface area contributed by atoms with Crippen LogP contribution in [0, 0.1) is 17.0 Å². The molecule has 44 heavy (non-hydrogen) atoms. The number of hydrogen-bond donors (Lipinski definition) is 2. The lowest BCUT2D eigenvalue weighted by Gasteiger charge is -2.13. The maximum atomic E-state index is 14.8. The van der Waals surface area contributed by atoms with E-state index in [0.29, 0.717) is 41.3 Å². The van der Waals surface area contributed by atoms with E-state index in [1.54, 1.807) is 22.7 Å². The van der Waals surface area contributed by atoms with Crippen molar-refractivity contribution in [3.8, 4) is 17.0 Å². The van der Waals surface area contributed by atoms with Crippen LogP contribution in [0.3, 0.4) is 0 Å². The summed E-state index contributed by atoms with van der Waals surface area (Å²) in [6, 6.07) is 8.07. The van der Waals surface area contributed by atoms with Gasteiger partial charge in [-0.05, 0) is 75.8 Å². The minimum Gasteiger partial charge on any atom is -0.494 e. The lowest BCUT2D eigenvalue weighted by Crippen LogP contribution is -2.14. The van der Waals surface area contributed by atoms with Gasteiger partial charge in [-0.1, -0.05) is 13.3 Å². The van der Waals surface area contributed by atoms with Crippen LogP contribution in [0.25, 0.3) is 16.9 Å². The molecule has 11 heteroatoms. The monoisotopic (exact) mass is 604 g/mol. The topological polar surface area (TPSA) is 113 Å². The molecule has 0 amide bonds. The van der Waals surface area contributed by atoms with Gasteiger partial charge in [-0.2, -0.15) is 4.39 Å². The fraction of sp³-hybridized carbons (Fsp3) is 0.364. The minimum atomic E-state index is -1.08. The highest BCUT2D eigenvalue weighted by Crippen LogP contribution is 2.31. The molecule has 0 aliphatic rings. The van der Waals surface area contributed by atoms with Gasteiger partial charge in [0, 0.05) is 54.2 Å². The number of imidazole rings is 1. The van der Waals surface area contributed by atoms with Crippen LogP contribution >= 0.6 is 0 Å². The number of ketones is 2. The Hall–Kier alpha value is -4.51. The van der Waals surface area contributed by atoms with Gasteiger partial charge in [-0.3, -0.25) is 14.0 Å². The molecule has 2 aromatic carbocycles. The maximum absolute atomic E-state index is 14.8. The number of aromatic nitrogens is 3. The molecule has 0 aliphatic carbocycles. The van der Waals surface area contributed by atoms with E-state index in [1.807, 2.05) is 27.1 Å². The Morgan fingerprint density at radius 1 is 1.05 bits per heavy atom. The summed E-state index contributed by atoms with van der Waals surface area (Å²) in [5, 5.41) is 11.5. The summed E-state index contributed by atoms with van der Waals surface area (Å²) < 4.78 is 35.7. The van der Waals surface area contributed by atoms with Crippen LogP contribution in [0.4, 0.5) is 20.3 Å². The summed E-state index contributed by atoms with van der Waals surface area (Å²) in [5.74, 6) is -2.14. The van der Waals surface area contributed by atoms with E-state index < -0.39 is 11.6 Å². The molecular formula is C33H38F2N6O3. The van der Waals surface area contributed by atoms with Crippen molar-refractivity contribution in [3.63, 3.8) is 0 Å². The number of methoxy groups -OCH3 is 1. The second kappa shape index (κ2) is 14.8. The fourth-order valence-electron chi connectivity index (χ4n) is 5.07. The van der Waals surface area contributed by atoms with Crippen molar-refractivity contribution in [2.45, 2.75) is 51.9 Å². The van der Waals surface area contributed by atoms with Gasteiger partial charge in [-0.25, -0.2) is 14.4 Å². The first-order valence-electron chi connectivity index (χ1n) is 14.6. The van der Waals surface area contributed by atoms with Crippen molar-refractivity contribution in [2.75, 3.05) is 33.1 Å². The van der Waals surface area contributed by atoms with Crippen molar-refractivity contribution in [1.82, 2.24) is 19.3 Å². The van der Waals surface area contributed by atoms with Crippen LogP contribution in [0.2, 0.25) is 0 Å². The second-order valence-electron chi connectivity index (χ2n) is 10.9. The molecule has 0 radical (unpaired) electrons. The van der Waals surface area contributed by atoms with Gasteiger partial charge in [0.05, 0.1) is 19.0 Å². The molecule has 4 aromatic rings. The first-order chi connectivity index (χ1) is 21.1. The maximum Gasteiger partial charge on any atom is 0.201 e. The molecular weight excluding hydrogens is 566 g/mol. The summed E-state index contributed by atoms with van der Waals surface area (Å²) in [5.41, 5.74) is 2.83. The molecule has 0 aliphatic heterocycles. The van der Waals surface area contributed by atoms with Crippen LogP contribution in [0.1, 0.15) is 61.4 Å². The third kappa shape index (κ3) is 7.71. The highest BCUT2D eigenvalue weighted by molar-refractivity contribution is 6.13. The molecule has 9 nitrogen and oxygen atoms in total. The summed E-state index contributed by atoms with van der Waals surface area (Å²) >= 11 is 0. The Morgan fingerprint density at radius 3 is 2.57 bits per heavy atom. The van der Waals surface area contributed by atoms with Gasteiger partial charge in [0.25, 0.3) is 0 Å². The number of halogens is 2. The number of ether oxygens (including phenoxy) is 1.